The topological polar surface area (TPSA) is 60.4 Å². The molecule has 0 rings (SSSR count). The van der Waals surface area contributed by atoms with E-state index in [4.69, 9.17) is 0 Å². The van der Waals surface area contributed by atoms with Crippen LogP contribution < -0.4 is 0 Å². The largest absolute Gasteiger partial charge is 0.387 e. The molecule has 52 valence electrons. The Morgan fingerprint density at radius 2 is 1.50 bits per heavy atom. The zero-order valence-electron chi connectivity index (χ0n) is 5.84. The van der Waals surface area contributed by atoms with E-state index in [0.29, 0.717) is 0 Å². The van der Waals surface area contributed by atoms with Crippen molar-refractivity contribution in [2.75, 3.05) is 0 Å². The molecule has 0 saturated carbocycles. The van der Waals surface area contributed by atoms with Gasteiger partial charge in [0.05, 0.1) is 0 Å². The van der Waals surface area contributed by atoms with Crippen LogP contribution in [-0.2, 0) is 38.6 Å². The molecule has 0 aromatic rings. The molecule has 0 radical (unpaired) electrons. The Hall–Kier alpha value is -0.567. The number of carbonyl (C=O) groups excluding carboxylic acids is 3. The van der Waals surface area contributed by atoms with E-state index in [1.54, 1.807) is 0 Å². The molecule has 4 nitrogen and oxygen atoms in total. The van der Waals surface area contributed by atoms with Gasteiger partial charge in [-0.1, -0.05) is 0 Å². The molecule has 0 aliphatic carbocycles. The third-order valence-electron chi connectivity index (χ3n) is 0.524. The maximum Gasteiger partial charge on any atom is 0.381 e. The van der Waals surface area contributed by atoms with Gasteiger partial charge in [0, 0.05) is 33.3 Å². The van der Waals surface area contributed by atoms with Crippen LogP contribution in [0.1, 0.15) is 13.8 Å². The molecule has 0 fully saturated rings. The first-order valence-corrected chi connectivity index (χ1v) is 2.27. The summed E-state index contributed by atoms with van der Waals surface area (Å²) < 4.78 is 3.88. The van der Waals surface area contributed by atoms with Crippen molar-refractivity contribution in [2.24, 2.45) is 0 Å². The Balaban J connectivity index is 0. The van der Waals surface area contributed by atoms with Gasteiger partial charge in [0.2, 0.25) is 5.78 Å². The van der Waals surface area contributed by atoms with Gasteiger partial charge in [-0.2, -0.15) is 0 Å². The van der Waals surface area contributed by atoms with Crippen LogP contribution in [-0.4, -0.2) is 17.7 Å². The van der Waals surface area contributed by atoms with Crippen LogP contribution in [0.15, 0.2) is 0 Å². The van der Waals surface area contributed by atoms with Gasteiger partial charge in [-0.05, 0) is 0 Å². The summed E-state index contributed by atoms with van der Waals surface area (Å²) in [5, 5.41) is 0. The Morgan fingerprint density at radius 3 is 1.60 bits per heavy atom. The molecule has 5 heteroatoms. The SMILES string of the molecule is CC(=O)OC(=O)C(C)=O.[Zn]. The number of rotatable bonds is 1. The van der Waals surface area contributed by atoms with E-state index in [9.17, 15) is 14.4 Å². The summed E-state index contributed by atoms with van der Waals surface area (Å²) in [4.78, 5) is 30.2. The molecule has 0 unspecified atom stereocenters. The molecule has 0 bridgehead atoms. The van der Waals surface area contributed by atoms with Crippen LogP contribution in [0.4, 0.5) is 0 Å². The fourth-order valence-corrected chi connectivity index (χ4v) is 0.202. The summed E-state index contributed by atoms with van der Waals surface area (Å²) in [6, 6.07) is 0. The average Bonchev–Trinajstić information content (AvgIpc) is 1.63. The van der Waals surface area contributed by atoms with E-state index in [0.717, 1.165) is 13.8 Å². The molecule has 0 aromatic heterocycles. The molecule has 0 amide bonds. The first-order chi connectivity index (χ1) is 4.04. The van der Waals surface area contributed by atoms with Gasteiger partial charge in [-0.15, -0.1) is 0 Å². The summed E-state index contributed by atoms with van der Waals surface area (Å²) in [6.07, 6.45) is 0. The van der Waals surface area contributed by atoms with Crippen molar-refractivity contribution in [3.63, 3.8) is 0 Å². The number of ketones is 1. The molecular formula is C5H6O4Zn. The molecule has 10 heavy (non-hydrogen) atoms. The van der Waals surface area contributed by atoms with E-state index >= 15 is 0 Å². The standard InChI is InChI=1S/C5H6O4.Zn/c1-3(6)5(8)9-4(2)7;/h1-2H3;. The van der Waals surface area contributed by atoms with E-state index in [-0.39, 0.29) is 19.5 Å². The van der Waals surface area contributed by atoms with Crippen LogP contribution in [0.2, 0.25) is 0 Å². The summed E-state index contributed by atoms with van der Waals surface area (Å²) in [5.41, 5.74) is 0. The minimum Gasteiger partial charge on any atom is -0.387 e. The average molecular weight is 195 g/mol. The molecule has 0 aliphatic rings. The zero-order valence-corrected chi connectivity index (χ0v) is 8.81. The fraction of sp³-hybridized carbons (Fsp3) is 0.400. The van der Waals surface area contributed by atoms with Gasteiger partial charge >= 0.3 is 11.9 Å². The van der Waals surface area contributed by atoms with Crippen molar-refractivity contribution in [3.8, 4) is 0 Å². The molecule has 0 atom stereocenters. The van der Waals surface area contributed by atoms with Gasteiger partial charge in [0.15, 0.2) is 0 Å². The van der Waals surface area contributed by atoms with Crippen molar-refractivity contribution in [2.45, 2.75) is 13.8 Å². The summed E-state index contributed by atoms with van der Waals surface area (Å²) in [5.74, 6) is -2.65. The van der Waals surface area contributed by atoms with E-state index < -0.39 is 17.7 Å². The van der Waals surface area contributed by atoms with E-state index in [2.05, 4.69) is 4.74 Å². The van der Waals surface area contributed by atoms with E-state index in [1.807, 2.05) is 0 Å². The van der Waals surface area contributed by atoms with Crippen LogP contribution >= 0.6 is 0 Å². The maximum absolute atomic E-state index is 10.2. The van der Waals surface area contributed by atoms with Gasteiger partial charge in [-0.25, -0.2) is 4.79 Å². The van der Waals surface area contributed by atoms with Gasteiger partial charge in [0.1, 0.15) is 0 Å². The number of hydrogen-bond donors (Lipinski definition) is 0. The van der Waals surface area contributed by atoms with Crippen LogP contribution in [0, 0.1) is 0 Å². The summed E-state index contributed by atoms with van der Waals surface area (Å²) >= 11 is 0. The van der Waals surface area contributed by atoms with Gasteiger partial charge in [0.25, 0.3) is 0 Å². The van der Waals surface area contributed by atoms with Crippen LogP contribution in [0.25, 0.3) is 0 Å². The molecule has 0 saturated heterocycles. The first kappa shape index (κ1) is 12.1. The summed E-state index contributed by atoms with van der Waals surface area (Å²) in [6.45, 7) is 2.09. The molecule has 0 heterocycles. The molecule has 0 spiro atoms. The van der Waals surface area contributed by atoms with Crippen LogP contribution in [0.3, 0.4) is 0 Å². The third-order valence-corrected chi connectivity index (χ3v) is 0.524. The predicted molar refractivity (Wildman–Crippen MR) is 27.5 cm³/mol. The number of Topliss-reactive ketones (excluding diaryl/α,β-unsaturated/α-hetero) is 1. The smallest absolute Gasteiger partial charge is 0.381 e. The molecule has 0 aliphatic heterocycles. The van der Waals surface area contributed by atoms with Crippen molar-refractivity contribution in [1.82, 2.24) is 0 Å². The first-order valence-electron chi connectivity index (χ1n) is 2.27. The van der Waals surface area contributed by atoms with E-state index in [1.165, 1.54) is 0 Å². The van der Waals surface area contributed by atoms with Crippen molar-refractivity contribution in [1.29, 1.82) is 0 Å². The predicted octanol–water partition coefficient (Wildman–Crippen LogP) is -0.337. The minimum absolute atomic E-state index is 0. The summed E-state index contributed by atoms with van der Waals surface area (Å²) in [7, 11) is 0. The number of carbonyl (C=O) groups is 3. The fourth-order valence-electron chi connectivity index (χ4n) is 0.202. The van der Waals surface area contributed by atoms with Crippen molar-refractivity contribution in [3.05, 3.63) is 0 Å². The molecule has 0 N–H and O–H groups in total. The second-order valence-corrected chi connectivity index (χ2v) is 1.44. The Morgan fingerprint density at radius 1 is 1.10 bits per heavy atom. The molecule has 0 aromatic carbocycles. The second kappa shape index (κ2) is 5.24. The van der Waals surface area contributed by atoms with Gasteiger partial charge < -0.3 is 4.74 Å². The Bertz CT molecular complexity index is 163. The number of ether oxygens (including phenoxy) is 1. The maximum atomic E-state index is 10.2. The number of hydrogen-bond acceptors (Lipinski definition) is 4. The normalized spacial score (nSPS) is 7.40. The minimum atomic E-state index is -1.11. The van der Waals surface area contributed by atoms with Crippen molar-refractivity contribution < 1.29 is 38.6 Å². The zero-order chi connectivity index (χ0) is 7.44. The quantitative estimate of drug-likeness (QED) is 0.249. The monoisotopic (exact) mass is 194 g/mol. The number of esters is 2. The molecular weight excluding hydrogens is 189 g/mol. The Labute approximate surface area is 70.7 Å². The van der Waals surface area contributed by atoms with Crippen LogP contribution in [0.5, 0.6) is 0 Å². The second-order valence-electron chi connectivity index (χ2n) is 1.44. The van der Waals surface area contributed by atoms with Crippen molar-refractivity contribution >= 4 is 17.7 Å². The third kappa shape index (κ3) is 5.57. The van der Waals surface area contributed by atoms with Gasteiger partial charge in [-0.3, -0.25) is 9.59 Å². The Kier molecular flexibility index (Phi) is 6.36.